The molecular weight excluding hydrogens is 202 g/mol. The van der Waals surface area contributed by atoms with Gasteiger partial charge in [0.05, 0.1) is 10.7 Å². The number of nitrogens with zero attached hydrogens (tertiary/aromatic N) is 1. The molecule has 1 aliphatic carbocycles. The summed E-state index contributed by atoms with van der Waals surface area (Å²) in [6.45, 7) is 2.06. The zero-order valence-electron chi connectivity index (χ0n) is 7.79. The summed E-state index contributed by atoms with van der Waals surface area (Å²) in [4.78, 5) is 4.52. The molecule has 2 atom stereocenters. The Morgan fingerprint density at radius 1 is 1.46 bits per heavy atom. The Morgan fingerprint density at radius 3 is 2.85 bits per heavy atom. The summed E-state index contributed by atoms with van der Waals surface area (Å²) >= 11 is 8.02. The van der Waals surface area contributed by atoms with Crippen molar-refractivity contribution in [3.05, 3.63) is 16.1 Å². The molecule has 2 unspecified atom stereocenters. The van der Waals surface area contributed by atoms with Crippen LogP contribution in [-0.2, 0) is 0 Å². The van der Waals surface area contributed by atoms with Crippen LogP contribution >= 0.6 is 22.9 Å². The Morgan fingerprint density at radius 2 is 2.23 bits per heavy atom. The molecule has 1 aromatic rings. The Balaban J connectivity index is 2.14. The van der Waals surface area contributed by atoms with E-state index in [4.69, 9.17) is 11.6 Å². The van der Waals surface area contributed by atoms with E-state index >= 15 is 0 Å². The second kappa shape index (κ2) is 3.97. The van der Waals surface area contributed by atoms with Crippen molar-refractivity contribution in [2.45, 2.75) is 43.9 Å². The van der Waals surface area contributed by atoms with Crippen LogP contribution in [0.2, 0.25) is 0 Å². The molecule has 0 bridgehead atoms. The summed E-state index contributed by atoms with van der Waals surface area (Å²) in [7, 11) is 0. The minimum Gasteiger partial charge on any atom is -0.246 e. The van der Waals surface area contributed by atoms with Gasteiger partial charge < -0.3 is 0 Å². The molecule has 1 saturated carbocycles. The normalized spacial score (nSPS) is 29.1. The predicted molar refractivity (Wildman–Crippen MR) is 57.7 cm³/mol. The minimum atomic E-state index is 0.315. The highest BCUT2D eigenvalue weighted by Gasteiger charge is 2.26. The van der Waals surface area contributed by atoms with E-state index in [9.17, 15) is 0 Å². The van der Waals surface area contributed by atoms with Gasteiger partial charge in [0.1, 0.15) is 0 Å². The van der Waals surface area contributed by atoms with Gasteiger partial charge in [-0.1, -0.05) is 12.8 Å². The van der Waals surface area contributed by atoms with E-state index < -0.39 is 0 Å². The third-order valence-corrected chi connectivity index (χ3v) is 4.01. The molecule has 0 aliphatic heterocycles. The van der Waals surface area contributed by atoms with E-state index in [2.05, 4.69) is 17.3 Å². The van der Waals surface area contributed by atoms with Gasteiger partial charge in [0.2, 0.25) is 0 Å². The highest BCUT2D eigenvalue weighted by molar-refractivity contribution is 7.09. The van der Waals surface area contributed by atoms with Gasteiger partial charge in [0.25, 0.3) is 0 Å². The Labute approximate surface area is 88.1 Å². The number of rotatable bonds is 1. The van der Waals surface area contributed by atoms with Gasteiger partial charge >= 0.3 is 0 Å². The van der Waals surface area contributed by atoms with Crippen molar-refractivity contribution in [2.24, 2.45) is 0 Å². The molecule has 1 aliphatic rings. The van der Waals surface area contributed by atoms with Crippen molar-refractivity contribution in [2.75, 3.05) is 0 Å². The third-order valence-electron chi connectivity index (χ3n) is 2.70. The fourth-order valence-corrected chi connectivity index (χ4v) is 3.06. The van der Waals surface area contributed by atoms with Gasteiger partial charge in [-0.15, -0.1) is 22.9 Å². The van der Waals surface area contributed by atoms with Crippen molar-refractivity contribution < 1.29 is 0 Å². The molecule has 2 rings (SSSR count). The van der Waals surface area contributed by atoms with Crippen molar-refractivity contribution in [3.8, 4) is 0 Å². The van der Waals surface area contributed by atoms with Crippen LogP contribution in [0.15, 0.2) is 5.38 Å². The molecule has 72 valence electrons. The highest BCUT2D eigenvalue weighted by Crippen LogP contribution is 2.36. The Bertz CT molecular complexity index is 284. The molecule has 0 aromatic carbocycles. The summed E-state index contributed by atoms with van der Waals surface area (Å²) in [6, 6.07) is 0. The van der Waals surface area contributed by atoms with E-state index in [1.54, 1.807) is 11.3 Å². The third kappa shape index (κ3) is 2.05. The monoisotopic (exact) mass is 215 g/mol. The van der Waals surface area contributed by atoms with Crippen molar-refractivity contribution in [1.29, 1.82) is 0 Å². The van der Waals surface area contributed by atoms with Crippen molar-refractivity contribution in [1.82, 2.24) is 4.98 Å². The quantitative estimate of drug-likeness (QED) is 0.651. The zero-order valence-corrected chi connectivity index (χ0v) is 9.37. The largest absolute Gasteiger partial charge is 0.246 e. The molecule has 1 nitrogen and oxygen atoms in total. The summed E-state index contributed by atoms with van der Waals surface area (Å²) in [5, 5.41) is 3.64. The second-order valence-corrected chi connectivity index (χ2v) is 5.32. The van der Waals surface area contributed by atoms with Crippen LogP contribution in [0.5, 0.6) is 0 Å². The van der Waals surface area contributed by atoms with E-state index in [0.29, 0.717) is 11.3 Å². The van der Waals surface area contributed by atoms with E-state index in [0.717, 1.165) is 11.4 Å². The lowest BCUT2D eigenvalue weighted by molar-refractivity contribution is 0.444. The summed E-state index contributed by atoms with van der Waals surface area (Å²) in [5.41, 5.74) is 1.22. The first-order chi connectivity index (χ1) is 6.27. The number of thiazole rings is 1. The smallest absolute Gasteiger partial charge is 0.0897 e. The number of halogens is 1. The van der Waals surface area contributed by atoms with Gasteiger partial charge in [-0.25, -0.2) is 4.98 Å². The Kier molecular flexibility index (Phi) is 2.89. The molecule has 1 aromatic heterocycles. The maximum Gasteiger partial charge on any atom is 0.0897 e. The average molecular weight is 216 g/mol. The van der Waals surface area contributed by atoms with Gasteiger partial charge in [-0.05, 0) is 19.8 Å². The van der Waals surface area contributed by atoms with E-state index in [1.807, 2.05) is 0 Å². The van der Waals surface area contributed by atoms with Crippen molar-refractivity contribution in [3.63, 3.8) is 0 Å². The van der Waals surface area contributed by atoms with Crippen LogP contribution in [0.1, 0.15) is 42.3 Å². The van der Waals surface area contributed by atoms with Gasteiger partial charge in [0, 0.05) is 16.7 Å². The van der Waals surface area contributed by atoms with Crippen LogP contribution in [0, 0.1) is 6.92 Å². The van der Waals surface area contributed by atoms with Gasteiger partial charge in [-0.2, -0.15) is 0 Å². The molecule has 3 heteroatoms. The van der Waals surface area contributed by atoms with Gasteiger partial charge in [-0.3, -0.25) is 0 Å². The van der Waals surface area contributed by atoms with Crippen LogP contribution in [-0.4, -0.2) is 10.4 Å². The lowest BCUT2D eigenvalue weighted by Crippen LogP contribution is -2.17. The first-order valence-electron chi connectivity index (χ1n) is 4.83. The molecule has 1 heterocycles. The first kappa shape index (κ1) is 9.47. The lowest BCUT2D eigenvalue weighted by atomic mass is 9.87. The van der Waals surface area contributed by atoms with Crippen LogP contribution in [0.3, 0.4) is 0 Å². The summed E-state index contributed by atoms with van der Waals surface area (Å²) in [6.07, 6.45) is 4.97. The maximum atomic E-state index is 6.29. The number of hydrogen-bond donors (Lipinski definition) is 0. The molecule has 1 fully saturated rings. The van der Waals surface area contributed by atoms with Gasteiger partial charge in [0.15, 0.2) is 0 Å². The lowest BCUT2D eigenvalue weighted by Gasteiger charge is -2.25. The van der Waals surface area contributed by atoms with Crippen LogP contribution in [0.4, 0.5) is 0 Å². The fourth-order valence-electron chi connectivity index (χ4n) is 1.97. The number of hydrogen-bond acceptors (Lipinski definition) is 2. The second-order valence-electron chi connectivity index (χ2n) is 3.70. The SMILES string of the molecule is Cc1nc(C2CCCCC2Cl)cs1. The molecule has 13 heavy (non-hydrogen) atoms. The molecular formula is C10H14ClNS. The van der Waals surface area contributed by atoms with E-state index in [1.165, 1.54) is 25.0 Å². The Hall–Kier alpha value is -0.0800. The number of aryl methyl sites for hydroxylation is 1. The van der Waals surface area contributed by atoms with Crippen molar-refractivity contribution >= 4 is 22.9 Å². The first-order valence-corrected chi connectivity index (χ1v) is 6.15. The highest BCUT2D eigenvalue weighted by atomic mass is 35.5. The van der Waals surface area contributed by atoms with E-state index in [-0.39, 0.29) is 0 Å². The molecule has 0 saturated heterocycles. The number of alkyl halides is 1. The molecule has 0 spiro atoms. The maximum absolute atomic E-state index is 6.29. The molecule has 0 amide bonds. The molecule has 0 radical (unpaired) electrons. The van der Waals surface area contributed by atoms with Crippen LogP contribution in [0.25, 0.3) is 0 Å². The summed E-state index contributed by atoms with van der Waals surface area (Å²) in [5.74, 6) is 0.514. The standard InChI is InChI=1S/C10H14ClNS/c1-7-12-10(6-13-7)8-4-2-3-5-9(8)11/h6,8-9H,2-5H2,1H3. The topological polar surface area (TPSA) is 12.9 Å². The predicted octanol–water partition coefficient (Wildman–Crippen LogP) is 3.72. The molecule has 0 N–H and O–H groups in total. The number of aromatic nitrogens is 1. The minimum absolute atomic E-state index is 0.315. The summed E-state index contributed by atoms with van der Waals surface area (Å²) < 4.78 is 0. The average Bonchev–Trinajstić information content (AvgIpc) is 2.53. The fraction of sp³-hybridized carbons (Fsp3) is 0.700. The zero-order chi connectivity index (χ0) is 9.26. The van der Waals surface area contributed by atoms with Crippen LogP contribution < -0.4 is 0 Å².